The Morgan fingerprint density at radius 3 is 1.26 bits per heavy atom. The van der Waals surface area contributed by atoms with Crippen LogP contribution in [0, 0.1) is 0 Å². The van der Waals surface area contributed by atoms with Crippen molar-refractivity contribution in [3.05, 3.63) is 0 Å². The lowest BCUT2D eigenvalue weighted by molar-refractivity contribution is 0.204. The van der Waals surface area contributed by atoms with Crippen molar-refractivity contribution in [2.45, 2.75) is 44.9 Å². The highest BCUT2D eigenvalue weighted by molar-refractivity contribution is 7.79. The summed E-state index contributed by atoms with van der Waals surface area (Å²) in [7, 11) is 3.04. The lowest BCUT2D eigenvalue weighted by atomic mass is 10.1. The molecule has 0 fully saturated rings. The van der Waals surface area contributed by atoms with Crippen molar-refractivity contribution in [3.63, 3.8) is 0 Å². The topological polar surface area (TPSA) is 36.9 Å². The summed E-state index contributed by atoms with van der Waals surface area (Å²) in [6.07, 6.45) is 8.06. The predicted octanol–water partition coefficient (Wildman–Crippen LogP) is 3.61. The Morgan fingerprint density at radius 2 is 0.947 bits per heavy atom. The summed E-state index contributed by atoms with van der Waals surface area (Å²) in [5, 5.41) is 0.461. The van der Waals surface area contributed by atoms with Gasteiger partial charge in [-0.3, -0.25) is 0 Å². The maximum absolute atomic E-state index is 5.15. The average Bonchev–Trinajstić information content (AvgIpc) is 2.43. The molecule has 6 heteroatoms. The van der Waals surface area contributed by atoms with Gasteiger partial charge in [0.25, 0.3) is 0 Å². The van der Waals surface area contributed by atoms with Crippen LogP contribution in [-0.2, 0) is 18.9 Å². The van der Waals surface area contributed by atoms with Crippen molar-refractivity contribution in [2.75, 3.05) is 27.4 Å². The van der Waals surface area contributed by atoms with Gasteiger partial charge in [0.2, 0.25) is 0 Å². The zero-order chi connectivity index (χ0) is 14.3. The maximum Gasteiger partial charge on any atom is 0.351 e. The highest BCUT2D eigenvalue weighted by atomic mass is 32.1. The van der Waals surface area contributed by atoms with E-state index in [2.05, 4.69) is 0 Å². The summed E-state index contributed by atoms with van der Waals surface area (Å²) in [6, 6.07) is 0. The van der Waals surface area contributed by atoms with E-state index < -0.39 is 0 Å². The molecular weight excluding hydrogens is 284 g/mol. The highest BCUT2D eigenvalue weighted by Crippen LogP contribution is 2.07. The Morgan fingerprint density at radius 1 is 0.632 bits per heavy atom. The van der Waals surface area contributed by atoms with Gasteiger partial charge in [-0.15, -0.1) is 0 Å². The fraction of sp³-hybridized carbons (Fsp3) is 0.846. The van der Waals surface area contributed by atoms with E-state index in [0.29, 0.717) is 13.2 Å². The second kappa shape index (κ2) is 13.8. The zero-order valence-electron chi connectivity index (χ0n) is 11.8. The van der Waals surface area contributed by atoms with Crippen LogP contribution in [0.3, 0.4) is 0 Å². The SMILES string of the molecule is COC(=S)OCCCCCCCCCOC(=S)OC. The van der Waals surface area contributed by atoms with Gasteiger partial charge in [0, 0.05) is 24.4 Å². The molecule has 0 N–H and O–H groups in total. The van der Waals surface area contributed by atoms with Crippen LogP contribution in [0.15, 0.2) is 0 Å². The molecule has 0 heterocycles. The first-order valence-electron chi connectivity index (χ1n) is 6.62. The number of unbranched alkanes of at least 4 members (excludes halogenated alkanes) is 6. The van der Waals surface area contributed by atoms with Gasteiger partial charge in [-0.05, 0) is 12.8 Å². The normalized spacial score (nSPS) is 9.79. The summed E-state index contributed by atoms with van der Waals surface area (Å²) in [4.78, 5) is 0. The van der Waals surface area contributed by atoms with Crippen molar-refractivity contribution in [3.8, 4) is 0 Å². The van der Waals surface area contributed by atoms with Crippen LogP contribution in [0.25, 0.3) is 0 Å². The molecule has 0 radical (unpaired) electrons. The summed E-state index contributed by atoms with van der Waals surface area (Å²) < 4.78 is 19.8. The van der Waals surface area contributed by atoms with Crippen molar-refractivity contribution in [1.82, 2.24) is 0 Å². The quantitative estimate of drug-likeness (QED) is 0.453. The molecule has 0 atom stereocenters. The minimum Gasteiger partial charge on any atom is -0.460 e. The molecule has 4 nitrogen and oxygen atoms in total. The molecule has 0 saturated heterocycles. The van der Waals surface area contributed by atoms with Crippen molar-refractivity contribution in [1.29, 1.82) is 0 Å². The molecular formula is C13H24O4S2. The van der Waals surface area contributed by atoms with E-state index in [1.807, 2.05) is 0 Å². The Hall–Kier alpha value is -0.620. The van der Waals surface area contributed by atoms with Gasteiger partial charge >= 0.3 is 10.5 Å². The van der Waals surface area contributed by atoms with Gasteiger partial charge in [0.1, 0.15) is 0 Å². The van der Waals surface area contributed by atoms with E-state index >= 15 is 0 Å². The Kier molecular flexibility index (Phi) is 13.4. The van der Waals surface area contributed by atoms with Crippen LogP contribution >= 0.6 is 24.4 Å². The average molecular weight is 308 g/mol. The molecule has 0 aromatic carbocycles. The van der Waals surface area contributed by atoms with Crippen molar-refractivity contribution in [2.24, 2.45) is 0 Å². The second-order valence-corrected chi connectivity index (χ2v) is 4.75. The third kappa shape index (κ3) is 13.6. The van der Waals surface area contributed by atoms with Gasteiger partial charge in [0.15, 0.2) is 0 Å². The standard InChI is InChI=1S/C13H24O4S2/c1-14-12(18)16-10-8-6-4-3-5-7-9-11-17-13(19)15-2/h3-11H2,1-2H3. The molecule has 0 saturated carbocycles. The molecule has 0 amide bonds. The van der Waals surface area contributed by atoms with E-state index in [1.54, 1.807) is 0 Å². The minimum absolute atomic E-state index is 0.231. The molecule has 0 unspecified atom stereocenters. The number of ether oxygens (including phenoxy) is 4. The van der Waals surface area contributed by atoms with Crippen LogP contribution in [0.1, 0.15) is 44.9 Å². The molecule has 0 aliphatic rings. The summed E-state index contributed by atoms with van der Waals surface area (Å²) in [5.74, 6) is 0. The molecule has 0 aliphatic heterocycles. The summed E-state index contributed by atoms with van der Waals surface area (Å²) in [5.41, 5.74) is 0. The monoisotopic (exact) mass is 308 g/mol. The molecule has 0 aromatic heterocycles. The van der Waals surface area contributed by atoms with Gasteiger partial charge in [-0.1, -0.05) is 32.1 Å². The van der Waals surface area contributed by atoms with Gasteiger partial charge in [-0.25, -0.2) is 0 Å². The third-order valence-corrected chi connectivity index (χ3v) is 3.13. The van der Waals surface area contributed by atoms with Gasteiger partial charge in [-0.2, -0.15) is 0 Å². The summed E-state index contributed by atoms with van der Waals surface area (Å²) in [6.45, 7) is 1.30. The number of methoxy groups -OCH3 is 2. The zero-order valence-corrected chi connectivity index (χ0v) is 13.4. The number of rotatable bonds is 10. The minimum atomic E-state index is 0.231. The molecule has 19 heavy (non-hydrogen) atoms. The first-order valence-corrected chi connectivity index (χ1v) is 7.44. The third-order valence-electron chi connectivity index (χ3n) is 2.56. The van der Waals surface area contributed by atoms with E-state index in [0.717, 1.165) is 25.7 Å². The van der Waals surface area contributed by atoms with Crippen LogP contribution in [0.4, 0.5) is 0 Å². The van der Waals surface area contributed by atoms with E-state index in [-0.39, 0.29) is 10.5 Å². The largest absolute Gasteiger partial charge is 0.460 e. The van der Waals surface area contributed by atoms with Gasteiger partial charge in [0.05, 0.1) is 27.4 Å². The van der Waals surface area contributed by atoms with E-state index in [9.17, 15) is 0 Å². The second-order valence-electron chi connectivity index (χ2n) is 4.08. The predicted molar refractivity (Wildman–Crippen MR) is 83.4 cm³/mol. The Balaban J connectivity index is 3.07. The maximum atomic E-state index is 5.15. The van der Waals surface area contributed by atoms with Crippen molar-refractivity contribution >= 4 is 34.9 Å². The molecule has 0 aromatic rings. The molecule has 0 rings (SSSR count). The molecule has 0 aliphatic carbocycles. The first-order chi connectivity index (χ1) is 9.20. The Bertz CT molecular complexity index is 223. The molecule has 0 bridgehead atoms. The van der Waals surface area contributed by atoms with Crippen LogP contribution in [-0.4, -0.2) is 37.9 Å². The van der Waals surface area contributed by atoms with Crippen LogP contribution in [0.5, 0.6) is 0 Å². The summed E-state index contributed by atoms with van der Waals surface area (Å²) >= 11 is 9.54. The molecule has 0 spiro atoms. The van der Waals surface area contributed by atoms with Crippen LogP contribution < -0.4 is 0 Å². The van der Waals surface area contributed by atoms with Gasteiger partial charge < -0.3 is 18.9 Å². The fourth-order valence-corrected chi connectivity index (χ4v) is 1.68. The lowest BCUT2D eigenvalue weighted by Crippen LogP contribution is -2.05. The number of thiocarbonyl (C=S) groups is 2. The smallest absolute Gasteiger partial charge is 0.351 e. The van der Waals surface area contributed by atoms with Crippen molar-refractivity contribution < 1.29 is 18.9 Å². The Labute approximate surface area is 126 Å². The van der Waals surface area contributed by atoms with Crippen LogP contribution in [0.2, 0.25) is 0 Å². The number of hydrogen-bond donors (Lipinski definition) is 0. The number of hydrogen-bond acceptors (Lipinski definition) is 6. The fourth-order valence-electron chi connectivity index (χ4n) is 1.52. The first kappa shape index (κ1) is 18.4. The highest BCUT2D eigenvalue weighted by Gasteiger charge is 1.97. The molecule has 112 valence electrons. The lowest BCUT2D eigenvalue weighted by Gasteiger charge is -2.06. The van der Waals surface area contributed by atoms with E-state index in [1.165, 1.54) is 33.5 Å². The van der Waals surface area contributed by atoms with E-state index in [4.69, 9.17) is 43.4 Å².